The zero-order valence-electron chi connectivity index (χ0n) is 8.24. The molecule has 15 heavy (non-hydrogen) atoms. The Morgan fingerprint density at radius 1 is 1.20 bits per heavy atom. The fourth-order valence-corrected chi connectivity index (χ4v) is 2.17. The highest BCUT2D eigenvalue weighted by Crippen LogP contribution is 2.38. The molecule has 6 heteroatoms. The van der Waals surface area contributed by atoms with Gasteiger partial charge in [0.2, 0.25) is 0 Å². The molecule has 5 atom stereocenters. The van der Waals surface area contributed by atoms with E-state index in [2.05, 4.69) is 0 Å². The molecule has 2 fully saturated rings. The molecule has 4 N–H and O–H groups in total. The first-order valence-electron chi connectivity index (χ1n) is 5.07. The molecule has 2 aliphatic rings. The maximum absolute atomic E-state index is 9.77. The van der Waals surface area contributed by atoms with Crippen LogP contribution in [0.15, 0.2) is 0 Å². The Morgan fingerprint density at radius 3 is 2.47 bits per heavy atom. The average molecular weight is 220 g/mol. The van der Waals surface area contributed by atoms with Crippen molar-refractivity contribution in [1.82, 2.24) is 0 Å². The first-order valence-corrected chi connectivity index (χ1v) is 5.07. The molecule has 0 aromatic heterocycles. The Labute approximate surface area is 87.1 Å². The molecule has 0 radical (unpaired) electrons. The predicted octanol–water partition coefficient (Wildman–Crippen LogP) is -2.03. The maximum atomic E-state index is 9.77. The van der Waals surface area contributed by atoms with Crippen molar-refractivity contribution in [3.63, 3.8) is 0 Å². The fourth-order valence-electron chi connectivity index (χ4n) is 2.17. The normalized spacial score (nSPS) is 51.2. The van der Waals surface area contributed by atoms with Gasteiger partial charge < -0.3 is 29.9 Å². The van der Waals surface area contributed by atoms with Crippen LogP contribution in [0.2, 0.25) is 0 Å². The van der Waals surface area contributed by atoms with E-state index in [1.165, 1.54) is 0 Å². The average Bonchev–Trinajstić information content (AvgIpc) is 2.70. The van der Waals surface area contributed by atoms with Gasteiger partial charge in [-0.05, 0) is 6.42 Å². The molecule has 0 saturated carbocycles. The number of hydrogen-bond donors (Lipinski definition) is 4. The Kier molecular flexibility index (Phi) is 2.98. The van der Waals surface area contributed by atoms with E-state index < -0.39 is 36.8 Å². The topological polar surface area (TPSA) is 99.4 Å². The van der Waals surface area contributed by atoms with Gasteiger partial charge in [0.25, 0.3) is 0 Å². The molecule has 1 spiro atoms. The molecule has 2 heterocycles. The summed E-state index contributed by atoms with van der Waals surface area (Å²) in [5.74, 6) is -1.26. The lowest BCUT2D eigenvalue weighted by atomic mass is 9.91. The minimum Gasteiger partial charge on any atom is -0.394 e. The second-order valence-electron chi connectivity index (χ2n) is 4.03. The van der Waals surface area contributed by atoms with Gasteiger partial charge in [0.1, 0.15) is 24.4 Å². The minimum atomic E-state index is -1.35. The van der Waals surface area contributed by atoms with E-state index in [1.54, 1.807) is 0 Å². The highest BCUT2D eigenvalue weighted by molar-refractivity contribution is 4.98. The second-order valence-corrected chi connectivity index (χ2v) is 4.03. The van der Waals surface area contributed by atoms with Gasteiger partial charge in [0, 0.05) is 6.42 Å². The first-order chi connectivity index (χ1) is 7.10. The minimum absolute atomic E-state index is 0.421. The Bertz CT molecular complexity index is 225. The Hall–Kier alpha value is -0.240. The van der Waals surface area contributed by atoms with Crippen molar-refractivity contribution in [2.45, 2.75) is 43.0 Å². The van der Waals surface area contributed by atoms with E-state index in [1.807, 2.05) is 0 Å². The van der Waals surface area contributed by atoms with Gasteiger partial charge in [-0.15, -0.1) is 0 Å². The number of aliphatic hydroxyl groups is 4. The third-order valence-corrected chi connectivity index (χ3v) is 3.05. The summed E-state index contributed by atoms with van der Waals surface area (Å²) in [7, 11) is 0. The number of hydrogen-bond acceptors (Lipinski definition) is 6. The van der Waals surface area contributed by atoms with Gasteiger partial charge >= 0.3 is 0 Å². The van der Waals surface area contributed by atoms with Crippen molar-refractivity contribution >= 4 is 0 Å². The lowest BCUT2D eigenvalue weighted by molar-refractivity contribution is -0.349. The second kappa shape index (κ2) is 3.97. The lowest BCUT2D eigenvalue weighted by Crippen LogP contribution is -2.64. The van der Waals surface area contributed by atoms with Crippen LogP contribution in [-0.4, -0.2) is 63.8 Å². The first kappa shape index (κ1) is 11.3. The van der Waals surface area contributed by atoms with Crippen LogP contribution in [0.5, 0.6) is 0 Å². The monoisotopic (exact) mass is 220 g/mol. The van der Waals surface area contributed by atoms with Crippen LogP contribution in [0.1, 0.15) is 12.8 Å². The molecule has 0 aromatic rings. The highest BCUT2D eigenvalue weighted by Gasteiger charge is 2.55. The van der Waals surface area contributed by atoms with Crippen molar-refractivity contribution in [2.75, 3.05) is 13.2 Å². The summed E-state index contributed by atoms with van der Waals surface area (Å²) in [4.78, 5) is 0. The molecular weight excluding hydrogens is 204 g/mol. The van der Waals surface area contributed by atoms with E-state index in [0.29, 0.717) is 13.0 Å². The van der Waals surface area contributed by atoms with Gasteiger partial charge in [-0.1, -0.05) is 0 Å². The van der Waals surface area contributed by atoms with Crippen LogP contribution in [-0.2, 0) is 9.47 Å². The van der Waals surface area contributed by atoms with Crippen LogP contribution < -0.4 is 0 Å². The summed E-state index contributed by atoms with van der Waals surface area (Å²) < 4.78 is 10.6. The zero-order valence-corrected chi connectivity index (χ0v) is 8.24. The predicted molar refractivity (Wildman–Crippen MR) is 47.9 cm³/mol. The van der Waals surface area contributed by atoms with E-state index in [4.69, 9.17) is 14.6 Å². The molecule has 2 aliphatic heterocycles. The molecule has 0 unspecified atom stereocenters. The lowest BCUT2D eigenvalue weighted by Gasteiger charge is -2.45. The molecule has 2 rings (SSSR count). The van der Waals surface area contributed by atoms with E-state index in [0.717, 1.165) is 6.42 Å². The summed E-state index contributed by atoms with van der Waals surface area (Å²) in [6, 6.07) is 0. The number of ether oxygens (including phenoxy) is 2. The molecule has 0 aliphatic carbocycles. The summed E-state index contributed by atoms with van der Waals surface area (Å²) in [5, 5.41) is 37.8. The van der Waals surface area contributed by atoms with Crippen molar-refractivity contribution in [3.8, 4) is 0 Å². The van der Waals surface area contributed by atoms with Crippen LogP contribution in [0.3, 0.4) is 0 Å². The Balaban J connectivity index is 2.19. The van der Waals surface area contributed by atoms with E-state index in [9.17, 15) is 15.3 Å². The largest absolute Gasteiger partial charge is 0.394 e. The molecule has 2 saturated heterocycles. The van der Waals surface area contributed by atoms with Crippen molar-refractivity contribution < 1.29 is 29.9 Å². The standard InChI is InChI=1S/C9H16O6/c10-4-5-6(11)7(12)8(13)9(15-5)2-1-3-14-9/h5-8,10-13H,1-4H2/t5-,6-,7+,8-,9-/m1/s1. The molecule has 0 bridgehead atoms. The summed E-state index contributed by atoms with van der Waals surface area (Å²) in [6.07, 6.45) is -3.67. The van der Waals surface area contributed by atoms with Crippen molar-refractivity contribution in [2.24, 2.45) is 0 Å². The van der Waals surface area contributed by atoms with Gasteiger partial charge in [-0.3, -0.25) is 0 Å². The molecule has 0 aromatic carbocycles. The van der Waals surface area contributed by atoms with Gasteiger partial charge in [-0.25, -0.2) is 0 Å². The van der Waals surface area contributed by atoms with Crippen LogP contribution in [0, 0.1) is 0 Å². The zero-order chi connectivity index (χ0) is 11.1. The fraction of sp³-hybridized carbons (Fsp3) is 1.00. The smallest absolute Gasteiger partial charge is 0.197 e. The summed E-state index contributed by atoms with van der Waals surface area (Å²) in [6.45, 7) is 0.0219. The van der Waals surface area contributed by atoms with E-state index in [-0.39, 0.29) is 0 Å². The van der Waals surface area contributed by atoms with Crippen molar-refractivity contribution in [3.05, 3.63) is 0 Å². The summed E-state index contributed by atoms with van der Waals surface area (Å²) >= 11 is 0. The van der Waals surface area contributed by atoms with Crippen molar-refractivity contribution in [1.29, 1.82) is 0 Å². The maximum Gasteiger partial charge on any atom is 0.197 e. The number of aliphatic hydroxyl groups excluding tert-OH is 4. The van der Waals surface area contributed by atoms with Crippen LogP contribution in [0.4, 0.5) is 0 Å². The Morgan fingerprint density at radius 2 is 1.93 bits per heavy atom. The molecule has 0 amide bonds. The quantitative estimate of drug-likeness (QED) is 0.406. The third kappa shape index (κ3) is 1.67. The molecule has 88 valence electrons. The SMILES string of the molecule is OC[C@H]1O[C@]2(CCCO2)[C@H](O)[C@@H](O)[C@@H]1O. The summed E-state index contributed by atoms with van der Waals surface area (Å²) in [5.41, 5.74) is 0. The van der Waals surface area contributed by atoms with E-state index >= 15 is 0 Å². The van der Waals surface area contributed by atoms with Crippen LogP contribution in [0.25, 0.3) is 0 Å². The molecular formula is C9H16O6. The number of rotatable bonds is 1. The van der Waals surface area contributed by atoms with Crippen LogP contribution >= 0.6 is 0 Å². The van der Waals surface area contributed by atoms with Gasteiger partial charge in [-0.2, -0.15) is 0 Å². The highest BCUT2D eigenvalue weighted by atomic mass is 16.7. The third-order valence-electron chi connectivity index (χ3n) is 3.05. The molecule has 6 nitrogen and oxygen atoms in total. The van der Waals surface area contributed by atoms with Gasteiger partial charge in [0.15, 0.2) is 5.79 Å². The van der Waals surface area contributed by atoms with Gasteiger partial charge in [0.05, 0.1) is 13.2 Å².